The molecule has 0 aliphatic heterocycles. The van der Waals surface area contributed by atoms with Crippen molar-refractivity contribution in [3.8, 4) is 0 Å². The lowest BCUT2D eigenvalue weighted by molar-refractivity contribution is -0.142. The molecule has 64 valence electrons. The van der Waals surface area contributed by atoms with Gasteiger partial charge in [0.15, 0.2) is 0 Å². The molecule has 0 unspecified atom stereocenters. The van der Waals surface area contributed by atoms with E-state index in [1.54, 1.807) is 0 Å². The molecule has 1 amide bonds. The molecule has 0 aliphatic carbocycles. The minimum absolute atomic E-state index is 0.113. The highest BCUT2D eigenvalue weighted by molar-refractivity contribution is 5.77. The Kier molecular flexibility index (Phi) is 4.21. The van der Waals surface area contributed by atoms with Crippen LogP contribution in [0.1, 0.15) is 6.92 Å². The van der Waals surface area contributed by atoms with Gasteiger partial charge >= 0.3 is 5.97 Å². The number of ether oxygens (including phenoxy) is 1. The minimum atomic E-state index is -0.774. The molecular formula is C6H12N2O3. The molecular weight excluding hydrogens is 148 g/mol. The monoisotopic (exact) mass is 160 g/mol. The number of nitrogens with two attached hydrogens (primary N) is 1. The maximum atomic E-state index is 10.6. The summed E-state index contributed by atoms with van der Waals surface area (Å²) in [5.74, 6) is -0.747. The second kappa shape index (κ2) is 4.68. The number of hydrogen-bond acceptors (Lipinski definition) is 4. The zero-order valence-corrected chi connectivity index (χ0v) is 6.59. The number of amides is 1. The molecule has 0 radical (unpaired) electrons. The van der Waals surface area contributed by atoms with E-state index >= 15 is 0 Å². The van der Waals surface area contributed by atoms with Gasteiger partial charge in [0.1, 0.15) is 6.04 Å². The van der Waals surface area contributed by atoms with Crippen LogP contribution in [0.25, 0.3) is 0 Å². The summed E-state index contributed by atoms with van der Waals surface area (Å²) < 4.78 is 4.33. The van der Waals surface area contributed by atoms with E-state index in [9.17, 15) is 9.59 Å². The molecule has 0 fully saturated rings. The van der Waals surface area contributed by atoms with Gasteiger partial charge in [-0.05, 0) is 0 Å². The van der Waals surface area contributed by atoms with Gasteiger partial charge in [0.25, 0.3) is 0 Å². The highest BCUT2D eigenvalue weighted by Crippen LogP contribution is 1.80. The van der Waals surface area contributed by atoms with Gasteiger partial charge < -0.3 is 15.8 Å². The number of rotatable bonds is 3. The molecule has 0 aromatic carbocycles. The minimum Gasteiger partial charge on any atom is -0.468 e. The maximum absolute atomic E-state index is 10.6. The molecule has 0 spiro atoms. The van der Waals surface area contributed by atoms with Gasteiger partial charge in [-0.25, -0.2) is 0 Å². The number of hydrogen-bond donors (Lipinski definition) is 2. The number of carbonyl (C=O) groups is 2. The van der Waals surface area contributed by atoms with Crippen LogP contribution in [0, 0.1) is 0 Å². The molecule has 1 atom stereocenters. The predicted molar refractivity (Wildman–Crippen MR) is 38.7 cm³/mol. The average molecular weight is 160 g/mol. The Morgan fingerprint density at radius 3 is 2.55 bits per heavy atom. The van der Waals surface area contributed by atoms with E-state index in [4.69, 9.17) is 5.73 Å². The molecule has 0 heterocycles. The van der Waals surface area contributed by atoms with Crippen LogP contribution in [0.4, 0.5) is 0 Å². The second-order valence-electron chi connectivity index (χ2n) is 2.07. The standard InChI is InChI=1S/C6H12N2O3/c1-4(9)8-3-5(7)6(10)11-2/h5H,3,7H2,1-2H3,(H,8,9)/t5-/m1/s1. The van der Waals surface area contributed by atoms with Gasteiger partial charge in [0, 0.05) is 13.5 Å². The molecule has 11 heavy (non-hydrogen) atoms. The first-order valence-corrected chi connectivity index (χ1v) is 3.15. The van der Waals surface area contributed by atoms with E-state index in [-0.39, 0.29) is 12.5 Å². The van der Waals surface area contributed by atoms with Crippen LogP contribution in [0.3, 0.4) is 0 Å². The summed E-state index contributed by atoms with van der Waals surface area (Å²) in [6.07, 6.45) is 0. The molecule has 0 saturated carbocycles. The Morgan fingerprint density at radius 2 is 2.18 bits per heavy atom. The lowest BCUT2D eigenvalue weighted by Gasteiger charge is -2.08. The van der Waals surface area contributed by atoms with Crippen molar-refractivity contribution in [2.75, 3.05) is 13.7 Å². The Balaban J connectivity index is 3.60. The van der Waals surface area contributed by atoms with Crippen molar-refractivity contribution >= 4 is 11.9 Å². The number of carbonyl (C=O) groups excluding carboxylic acids is 2. The van der Waals surface area contributed by atoms with Crippen molar-refractivity contribution in [1.82, 2.24) is 5.32 Å². The Hall–Kier alpha value is -1.10. The zero-order chi connectivity index (χ0) is 8.85. The quantitative estimate of drug-likeness (QED) is 0.499. The summed E-state index contributed by atoms with van der Waals surface area (Å²) in [6.45, 7) is 1.46. The number of methoxy groups -OCH3 is 1. The van der Waals surface area contributed by atoms with Crippen LogP contribution in [0.5, 0.6) is 0 Å². The van der Waals surface area contributed by atoms with Gasteiger partial charge in [-0.1, -0.05) is 0 Å². The normalized spacial score (nSPS) is 11.9. The molecule has 0 aromatic rings. The van der Waals surface area contributed by atoms with Crippen LogP contribution in [0.2, 0.25) is 0 Å². The summed E-state index contributed by atoms with van der Waals surface area (Å²) in [4.78, 5) is 21.0. The van der Waals surface area contributed by atoms with E-state index in [1.165, 1.54) is 14.0 Å². The Morgan fingerprint density at radius 1 is 1.64 bits per heavy atom. The van der Waals surface area contributed by atoms with Crippen LogP contribution in [-0.4, -0.2) is 31.6 Å². The lowest BCUT2D eigenvalue weighted by atomic mass is 10.3. The molecule has 0 aliphatic rings. The summed E-state index contributed by atoms with van der Waals surface area (Å²) in [7, 11) is 1.25. The first kappa shape index (κ1) is 9.90. The Bertz CT molecular complexity index is 158. The SMILES string of the molecule is COC(=O)[C@H](N)CNC(C)=O. The second-order valence-corrected chi connectivity index (χ2v) is 2.07. The fourth-order valence-electron chi connectivity index (χ4n) is 0.488. The fraction of sp³-hybridized carbons (Fsp3) is 0.667. The molecule has 0 saturated heterocycles. The highest BCUT2D eigenvalue weighted by atomic mass is 16.5. The zero-order valence-electron chi connectivity index (χ0n) is 6.59. The summed E-state index contributed by atoms with van der Waals surface area (Å²) in [5, 5.41) is 2.40. The molecule has 5 nitrogen and oxygen atoms in total. The topological polar surface area (TPSA) is 81.4 Å². The lowest BCUT2D eigenvalue weighted by Crippen LogP contribution is -2.42. The summed E-state index contributed by atoms with van der Waals surface area (Å²) >= 11 is 0. The first-order valence-electron chi connectivity index (χ1n) is 3.15. The van der Waals surface area contributed by atoms with Crippen molar-refractivity contribution < 1.29 is 14.3 Å². The third-order valence-corrected chi connectivity index (χ3v) is 1.07. The van der Waals surface area contributed by atoms with E-state index < -0.39 is 12.0 Å². The van der Waals surface area contributed by atoms with Crippen molar-refractivity contribution in [1.29, 1.82) is 0 Å². The van der Waals surface area contributed by atoms with Crippen LogP contribution >= 0.6 is 0 Å². The molecule has 0 aromatic heterocycles. The van der Waals surface area contributed by atoms with E-state index in [0.717, 1.165) is 0 Å². The van der Waals surface area contributed by atoms with E-state index in [1.807, 2.05) is 0 Å². The van der Waals surface area contributed by atoms with Gasteiger partial charge in [-0.2, -0.15) is 0 Å². The van der Waals surface area contributed by atoms with Crippen LogP contribution in [0.15, 0.2) is 0 Å². The van der Waals surface area contributed by atoms with Gasteiger partial charge in [-0.3, -0.25) is 9.59 Å². The summed E-state index contributed by atoms with van der Waals surface area (Å²) in [6, 6.07) is -0.774. The number of esters is 1. The maximum Gasteiger partial charge on any atom is 0.324 e. The van der Waals surface area contributed by atoms with Crippen LogP contribution in [-0.2, 0) is 14.3 Å². The van der Waals surface area contributed by atoms with Crippen molar-refractivity contribution in [3.05, 3.63) is 0 Å². The molecule has 3 N–H and O–H groups in total. The van der Waals surface area contributed by atoms with Crippen molar-refractivity contribution in [3.63, 3.8) is 0 Å². The Labute approximate surface area is 64.9 Å². The predicted octanol–water partition coefficient (Wildman–Crippen LogP) is -1.38. The smallest absolute Gasteiger partial charge is 0.324 e. The van der Waals surface area contributed by atoms with Gasteiger partial charge in [0.2, 0.25) is 5.91 Å². The highest BCUT2D eigenvalue weighted by Gasteiger charge is 2.12. The molecule has 0 bridgehead atoms. The molecule has 0 rings (SSSR count). The van der Waals surface area contributed by atoms with Crippen molar-refractivity contribution in [2.24, 2.45) is 5.73 Å². The van der Waals surface area contributed by atoms with Gasteiger partial charge in [0.05, 0.1) is 7.11 Å². The number of nitrogens with one attached hydrogen (secondary N) is 1. The largest absolute Gasteiger partial charge is 0.468 e. The van der Waals surface area contributed by atoms with Crippen LogP contribution < -0.4 is 11.1 Å². The van der Waals surface area contributed by atoms with Gasteiger partial charge in [-0.15, -0.1) is 0 Å². The summed E-state index contributed by atoms with van der Waals surface area (Å²) in [5.41, 5.74) is 5.29. The fourth-order valence-corrected chi connectivity index (χ4v) is 0.488. The first-order chi connectivity index (χ1) is 5.07. The van der Waals surface area contributed by atoms with E-state index in [0.29, 0.717) is 0 Å². The molecule has 5 heteroatoms. The third-order valence-electron chi connectivity index (χ3n) is 1.07. The average Bonchev–Trinajstić information content (AvgIpc) is 1.98. The third kappa shape index (κ3) is 4.32. The van der Waals surface area contributed by atoms with E-state index in [2.05, 4.69) is 10.1 Å². The van der Waals surface area contributed by atoms with Crippen molar-refractivity contribution in [2.45, 2.75) is 13.0 Å².